The molecule has 0 aliphatic carbocycles. The van der Waals surface area contributed by atoms with Crippen LogP contribution >= 0.6 is 0 Å². The number of carbonyl (C=O) groups excluding carboxylic acids is 2. The van der Waals surface area contributed by atoms with Gasteiger partial charge >= 0.3 is 0 Å². The number of hydrogen-bond acceptors (Lipinski definition) is 4. The van der Waals surface area contributed by atoms with E-state index in [0.717, 1.165) is 11.1 Å². The molecule has 4 rings (SSSR count). The second-order valence-electron chi connectivity index (χ2n) is 7.42. The van der Waals surface area contributed by atoms with Crippen LogP contribution in [0.2, 0.25) is 0 Å². The first-order valence-corrected chi connectivity index (χ1v) is 9.92. The van der Waals surface area contributed by atoms with Crippen LogP contribution in [0.3, 0.4) is 0 Å². The molecule has 1 fully saturated rings. The molecule has 0 unspecified atom stereocenters. The second kappa shape index (κ2) is 8.37. The van der Waals surface area contributed by atoms with Crippen molar-refractivity contribution < 1.29 is 14.7 Å². The molecule has 1 atom stereocenters. The van der Waals surface area contributed by atoms with Gasteiger partial charge in [0.05, 0.1) is 17.9 Å². The van der Waals surface area contributed by atoms with Crippen molar-refractivity contribution in [3.8, 4) is 0 Å². The number of aliphatic hydroxyl groups excluding tert-OH is 1. The summed E-state index contributed by atoms with van der Waals surface area (Å²) in [5.41, 5.74) is 2.54. The van der Waals surface area contributed by atoms with Crippen molar-refractivity contribution in [1.82, 2.24) is 14.5 Å². The molecule has 2 aromatic carbocycles. The lowest BCUT2D eigenvalue weighted by Gasteiger charge is -2.25. The van der Waals surface area contributed by atoms with Gasteiger partial charge in [-0.05, 0) is 18.9 Å². The number of hydrogen-bond donors (Lipinski definition) is 1. The van der Waals surface area contributed by atoms with Gasteiger partial charge in [0.25, 0.3) is 11.7 Å². The highest BCUT2D eigenvalue weighted by Gasteiger charge is 2.45. The monoisotopic (exact) mass is 401 g/mol. The van der Waals surface area contributed by atoms with Gasteiger partial charge in [0.15, 0.2) is 0 Å². The summed E-state index contributed by atoms with van der Waals surface area (Å²) in [4.78, 5) is 31.5. The average molecular weight is 401 g/mol. The van der Waals surface area contributed by atoms with E-state index in [1.54, 1.807) is 41.7 Å². The lowest BCUT2D eigenvalue weighted by atomic mass is 9.94. The molecular weight excluding hydrogens is 378 g/mol. The third-order valence-corrected chi connectivity index (χ3v) is 5.35. The Morgan fingerprint density at radius 3 is 2.43 bits per heavy atom. The SMILES string of the molecule is Cc1ccc([C@@H]2C(=C(O)c3ccccc3)C(=O)C(=O)N2CCCn2ccnc2)cc1. The van der Waals surface area contributed by atoms with Crippen molar-refractivity contribution in [3.05, 3.63) is 95.6 Å². The van der Waals surface area contributed by atoms with Crippen molar-refractivity contribution in [2.75, 3.05) is 6.54 Å². The van der Waals surface area contributed by atoms with Crippen molar-refractivity contribution in [1.29, 1.82) is 0 Å². The number of likely N-dealkylation sites (tertiary alicyclic amines) is 1. The Balaban J connectivity index is 1.72. The number of benzene rings is 2. The van der Waals surface area contributed by atoms with Crippen LogP contribution in [-0.2, 0) is 16.1 Å². The van der Waals surface area contributed by atoms with Crippen LogP contribution in [0.1, 0.15) is 29.2 Å². The summed E-state index contributed by atoms with van der Waals surface area (Å²) in [6.45, 7) is 3.06. The van der Waals surface area contributed by atoms with Crippen molar-refractivity contribution >= 4 is 17.4 Å². The summed E-state index contributed by atoms with van der Waals surface area (Å²) in [5, 5.41) is 11.0. The molecule has 0 spiro atoms. The number of nitrogens with zero attached hydrogens (tertiary/aromatic N) is 3. The van der Waals surface area contributed by atoms with Gasteiger partial charge in [-0.2, -0.15) is 0 Å². The number of ketones is 1. The first kappa shape index (κ1) is 19.6. The van der Waals surface area contributed by atoms with Crippen LogP contribution in [0.15, 0.2) is 78.9 Å². The fourth-order valence-electron chi connectivity index (χ4n) is 3.80. The zero-order valence-electron chi connectivity index (χ0n) is 16.7. The molecule has 1 aliphatic heterocycles. The molecular formula is C24H23N3O3. The summed E-state index contributed by atoms with van der Waals surface area (Å²) in [7, 11) is 0. The van der Waals surface area contributed by atoms with Gasteiger partial charge in [-0.15, -0.1) is 0 Å². The molecule has 1 saturated heterocycles. The molecule has 1 N–H and O–H groups in total. The minimum atomic E-state index is -0.649. The Hall–Kier alpha value is -3.67. The van der Waals surface area contributed by atoms with Crippen LogP contribution in [0, 0.1) is 6.92 Å². The molecule has 1 amide bonds. The second-order valence-corrected chi connectivity index (χ2v) is 7.42. The smallest absolute Gasteiger partial charge is 0.295 e. The fraction of sp³-hybridized carbons (Fsp3) is 0.208. The van der Waals surface area contributed by atoms with Gasteiger partial charge in [-0.25, -0.2) is 4.98 Å². The predicted octanol–water partition coefficient (Wildman–Crippen LogP) is 3.70. The lowest BCUT2D eigenvalue weighted by molar-refractivity contribution is -0.139. The molecule has 2 heterocycles. The van der Waals surface area contributed by atoms with E-state index in [-0.39, 0.29) is 11.3 Å². The maximum atomic E-state index is 12.9. The largest absolute Gasteiger partial charge is 0.507 e. The lowest BCUT2D eigenvalue weighted by Crippen LogP contribution is -2.31. The van der Waals surface area contributed by atoms with Crippen LogP contribution in [0.25, 0.3) is 5.76 Å². The first-order chi connectivity index (χ1) is 14.6. The van der Waals surface area contributed by atoms with E-state index in [4.69, 9.17) is 0 Å². The highest BCUT2D eigenvalue weighted by atomic mass is 16.3. The van der Waals surface area contributed by atoms with Gasteiger partial charge in [0.1, 0.15) is 5.76 Å². The highest BCUT2D eigenvalue weighted by molar-refractivity contribution is 6.46. The van der Waals surface area contributed by atoms with Gasteiger partial charge in [0, 0.05) is 31.0 Å². The van der Waals surface area contributed by atoms with E-state index in [2.05, 4.69) is 4.98 Å². The molecule has 0 radical (unpaired) electrons. The summed E-state index contributed by atoms with van der Waals surface area (Å²) in [6.07, 6.45) is 5.96. The quantitative estimate of drug-likeness (QED) is 0.388. The molecule has 0 saturated carbocycles. The van der Waals surface area contributed by atoms with Crippen molar-refractivity contribution in [3.63, 3.8) is 0 Å². The standard InChI is InChI=1S/C24H23N3O3/c1-17-8-10-18(11-9-17)21-20(22(28)19-6-3-2-4-7-19)23(29)24(30)27(21)14-5-13-26-15-12-25-16-26/h2-4,6-12,15-16,21,28H,5,13-14H2,1H3/t21-/m1/s1. The highest BCUT2D eigenvalue weighted by Crippen LogP contribution is 2.39. The number of imidazole rings is 1. The molecule has 6 heteroatoms. The first-order valence-electron chi connectivity index (χ1n) is 9.92. The predicted molar refractivity (Wildman–Crippen MR) is 113 cm³/mol. The molecule has 6 nitrogen and oxygen atoms in total. The van der Waals surface area contributed by atoms with Crippen molar-refractivity contribution in [2.45, 2.75) is 25.9 Å². The molecule has 0 bridgehead atoms. The molecule has 3 aromatic rings. The number of aryl methyl sites for hydroxylation is 2. The van der Waals surface area contributed by atoms with Gasteiger partial charge in [0.2, 0.25) is 0 Å². The Kier molecular flexibility index (Phi) is 5.48. The minimum Gasteiger partial charge on any atom is -0.507 e. The van der Waals surface area contributed by atoms with Gasteiger partial charge in [-0.1, -0.05) is 60.2 Å². The number of aliphatic hydroxyl groups is 1. The van der Waals surface area contributed by atoms with Crippen LogP contribution in [-0.4, -0.2) is 37.8 Å². The van der Waals surface area contributed by atoms with Gasteiger partial charge in [-0.3, -0.25) is 9.59 Å². The Labute approximate surface area is 175 Å². The van der Waals surface area contributed by atoms with E-state index in [1.807, 2.05) is 48.0 Å². The topological polar surface area (TPSA) is 75.4 Å². The Bertz CT molecular complexity index is 1070. The molecule has 152 valence electrons. The zero-order valence-corrected chi connectivity index (χ0v) is 16.7. The normalized spacial score (nSPS) is 18.2. The fourth-order valence-corrected chi connectivity index (χ4v) is 3.80. The summed E-state index contributed by atoms with van der Waals surface area (Å²) in [6, 6.07) is 16.0. The summed E-state index contributed by atoms with van der Waals surface area (Å²) < 4.78 is 1.93. The Morgan fingerprint density at radius 2 is 1.77 bits per heavy atom. The van der Waals surface area contributed by atoms with E-state index >= 15 is 0 Å². The number of rotatable bonds is 6. The van der Waals surface area contributed by atoms with Crippen LogP contribution < -0.4 is 0 Å². The van der Waals surface area contributed by atoms with Gasteiger partial charge < -0.3 is 14.6 Å². The minimum absolute atomic E-state index is 0.137. The number of Topliss-reactive ketones (excluding diaryl/α,β-unsaturated/α-hetero) is 1. The Morgan fingerprint density at radius 1 is 1.03 bits per heavy atom. The van der Waals surface area contributed by atoms with E-state index in [9.17, 15) is 14.7 Å². The number of aromatic nitrogens is 2. The number of carbonyl (C=O) groups is 2. The third-order valence-electron chi connectivity index (χ3n) is 5.35. The maximum absolute atomic E-state index is 12.9. The van der Waals surface area contributed by atoms with Crippen LogP contribution in [0.4, 0.5) is 0 Å². The van der Waals surface area contributed by atoms with Crippen LogP contribution in [0.5, 0.6) is 0 Å². The van der Waals surface area contributed by atoms with Crippen molar-refractivity contribution in [2.24, 2.45) is 0 Å². The summed E-state index contributed by atoms with van der Waals surface area (Å²) >= 11 is 0. The average Bonchev–Trinajstić information content (AvgIpc) is 3.37. The molecule has 1 aliphatic rings. The maximum Gasteiger partial charge on any atom is 0.295 e. The number of amides is 1. The molecule has 30 heavy (non-hydrogen) atoms. The van der Waals surface area contributed by atoms with E-state index in [1.165, 1.54) is 0 Å². The molecule has 1 aromatic heterocycles. The van der Waals surface area contributed by atoms with E-state index in [0.29, 0.717) is 25.1 Å². The summed E-state index contributed by atoms with van der Waals surface area (Å²) in [5.74, 6) is -1.37. The zero-order chi connectivity index (χ0) is 21.1. The third kappa shape index (κ3) is 3.76. The van der Waals surface area contributed by atoms with E-state index < -0.39 is 17.7 Å².